The molecule has 2 atom stereocenters. The second kappa shape index (κ2) is 6.49. The first-order valence-electron chi connectivity index (χ1n) is 5.56. The second-order valence-electron chi connectivity index (χ2n) is 4.18. The van der Waals surface area contributed by atoms with Crippen LogP contribution in [-0.4, -0.2) is 28.2 Å². The van der Waals surface area contributed by atoms with Crippen LogP contribution in [0.3, 0.4) is 0 Å². The van der Waals surface area contributed by atoms with E-state index in [1.165, 1.54) is 12.1 Å². The van der Waals surface area contributed by atoms with E-state index in [-0.39, 0.29) is 17.3 Å². The largest absolute Gasteiger partial charge is 0.399 e. The minimum atomic E-state index is -0.895. The SMILES string of the molecule is CC(CCS(C)=O)NC(=O)c1ccc(N)cc1F. The molecule has 0 aliphatic rings. The molecule has 6 heteroatoms. The Morgan fingerprint density at radius 3 is 2.78 bits per heavy atom. The Morgan fingerprint density at radius 1 is 1.56 bits per heavy atom. The van der Waals surface area contributed by atoms with Gasteiger partial charge < -0.3 is 11.1 Å². The van der Waals surface area contributed by atoms with Crippen molar-refractivity contribution in [1.29, 1.82) is 0 Å². The van der Waals surface area contributed by atoms with Gasteiger partial charge in [0.15, 0.2) is 0 Å². The third-order valence-electron chi connectivity index (χ3n) is 2.45. The van der Waals surface area contributed by atoms with Crippen LogP contribution in [0.25, 0.3) is 0 Å². The fourth-order valence-electron chi connectivity index (χ4n) is 1.43. The molecule has 1 amide bonds. The first-order chi connectivity index (χ1) is 8.40. The molecule has 2 unspecified atom stereocenters. The number of nitrogens with two attached hydrogens (primary N) is 1. The zero-order chi connectivity index (χ0) is 13.7. The molecule has 100 valence electrons. The summed E-state index contributed by atoms with van der Waals surface area (Å²) in [7, 11) is -0.895. The van der Waals surface area contributed by atoms with E-state index in [0.29, 0.717) is 12.2 Å². The molecule has 3 N–H and O–H groups in total. The Hall–Kier alpha value is -1.43. The summed E-state index contributed by atoms with van der Waals surface area (Å²) in [5, 5.41) is 2.66. The normalized spacial score (nSPS) is 13.9. The molecule has 0 fully saturated rings. The number of anilines is 1. The van der Waals surface area contributed by atoms with E-state index in [2.05, 4.69) is 5.32 Å². The third kappa shape index (κ3) is 4.44. The highest BCUT2D eigenvalue weighted by Crippen LogP contribution is 2.12. The molecular formula is C12H17FN2O2S. The lowest BCUT2D eigenvalue weighted by molar-refractivity contribution is 0.0935. The van der Waals surface area contributed by atoms with Crippen LogP contribution in [0.1, 0.15) is 23.7 Å². The molecule has 0 saturated carbocycles. The van der Waals surface area contributed by atoms with Gasteiger partial charge in [0.05, 0.1) is 5.56 Å². The second-order valence-corrected chi connectivity index (χ2v) is 5.73. The number of benzene rings is 1. The zero-order valence-corrected chi connectivity index (χ0v) is 11.2. The minimum absolute atomic E-state index is 0.0336. The van der Waals surface area contributed by atoms with Crippen molar-refractivity contribution in [2.75, 3.05) is 17.7 Å². The number of carbonyl (C=O) groups excluding carboxylic acids is 1. The number of halogens is 1. The summed E-state index contributed by atoms with van der Waals surface area (Å²) in [4.78, 5) is 11.8. The Bertz CT molecular complexity index is 465. The molecule has 1 aromatic rings. The van der Waals surface area contributed by atoms with Gasteiger partial charge in [-0.15, -0.1) is 0 Å². The average molecular weight is 272 g/mol. The fourth-order valence-corrected chi connectivity index (χ4v) is 2.12. The number of carbonyl (C=O) groups is 1. The van der Waals surface area contributed by atoms with E-state index in [1.807, 2.05) is 0 Å². The molecule has 0 heterocycles. The summed E-state index contributed by atoms with van der Waals surface area (Å²) in [5.41, 5.74) is 5.65. The first-order valence-corrected chi connectivity index (χ1v) is 7.28. The molecule has 0 aromatic heterocycles. The van der Waals surface area contributed by atoms with Crippen molar-refractivity contribution in [1.82, 2.24) is 5.32 Å². The van der Waals surface area contributed by atoms with Gasteiger partial charge in [-0.1, -0.05) is 0 Å². The summed E-state index contributed by atoms with van der Waals surface area (Å²) in [6.07, 6.45) is 2.19. The van der Waals surface area contributed by atoms with Gasteiger partial charge in [-0.05, 0) is 31.5 Å². The Morgan fingerprint density at radius 2 is 2.22 bits per heavy atom. The molecular weight excluding hydrogens is 255 g/mol. The van der Waals surface area contributed by atoms with Crippen LogP contribution in [0.2, 0.25) is 0 Å². The fraction of sp³-hybridized carbons (Fsp3) is 0.417. The molecule has 1 rings (SSSR count). The van der Waals surface area contributed by atoms with Gasteiger partial charge in [-0.3, -0.25) is 9.00 Å². The lowest BCUT2D eigenvalue weighted by Crippen LogP contribution is -2.34. The predicted molar refractivity (Wildman–Crippen MR) is 71.3 cm³/mol. The van der Waals surface area contributed by atoms with Gasteiger partial charge in [0.1, 0.15) is 5.82 Å². The van der Waals surface area contributed by atoms with Crippen LogP contribution in [0.4, 0.5) is 10.1 Å². The molecule has 0 radical (unpaired) electrons. The smallest absolute Gasteiger partial charge is 0.254 e. The Balaban J connectivity index is 2.62. The van der Waals surface area contributed by atoms with E-state index < -0.39 is 22.5 Å². The topological polar surface area (TPSA) is 72.2 Å². The minimum Gasteiger partial charge on any atom is -0.399 e. The maximum atomic E-state index is 13.5. The monoisotopic (exact) mass is 272 g/mol. The standard InChI is InChI=1S/C12H17FN2O2S/c1-8(5-6-18(2)17)15-12(16)10-4-3-9(14)7-11(10)13/h3-4,7-8H,5-6,14H2,1-2H3,(H,15,16). The van der Waals surface area contributed by atoms with Gasteiger partial charge >= 0.3 is 0 Å². The molecule has 0 spiro atoms. The maximum Gasteiger partial charge on any atom is 0.254 e. The highest BCUT2D eigenvalue weighted by molar-refractivity contribution is 7.84. The van der Waals surface area contributed by atoms with Gasteiger partial charge in [0, 0.05) is 34.5 Å². The van der Waals surface area contributed by atoms with Crippen LogP contribution >= 0.6 is 0 Å². The van der Waals surface area contributed by atoms with Gasteiger partial charge in [0.25, 0.3) is 5.91 Å². The average Bonchev–Trinajstić information content (AvgIpc) is 2.26. The number of amides is 1. The van der Waals surface area contributed by atoms with Crippen LogP contribution < -0.4 is 11.1 Å². The first kappa shape index (κ1) is 14.6. The summed E-state index contributed by atoms with van der Waals surface area (Å²) in [6.45, 7) is 1.79. The van der Waals surface area contributed by atoms with Crippen molar-refractivity contribution >= 4 is 22.4 Å². The van der Waals surface area contributed by atoms with Gasteiger partial charge in [-0.25, -0.2) is 4.39 Å². The van der Waals surface area contributed by atoms with E-state index in [1.54, 1.807) is 13.2 Å². The Labute approximate surface area is 108 Å². The molecule has 0 aliphatic carbocycles. The molecule has 0 aliphatic heterocycles. The van der Waals surface area contributed by atoms with Crippen LogP contribution in [0.15, 0.2) is 18.2 Å². The lowest BCUT2D eigenvalue weighted by atomic mass is 10.1. The number of nitrogens with one attached hydrogen (secondary N) is 1. The van der Waals surface area contributed by atoms with Gasteiger partial charge in [-0.2, -0.15) is 0 Å². The highest BCUT2D eigenvalue weighted by Gasteiger charge is 2.14. The van der Waals surface area contributed by atoms with Crippen LogP contribution in [0.5, 0.6) is 0 Å². The third-order valence-corrected chi connectivity index (χ3v) is 3.26. The number of hydrogen-bond acceptors (Lipinski definition) is 3. The van der Waals surface area contributed by atoms with Crippen molar-refractivity contribution in [2.24, 2.45) is 0 Å². The van der Waals surface area contributed by atoms with Crippen molar-refractivity contribution in [3.8, 4) is 0 Å². The predicted octanol–water partition coefficient (Wildman–Crippen LogP) is 1.29. The summed E-state index contributed by atoms with van der Waals surface area (Å²) < 4.78 is 24.4. The Kier molecular flexibility index (Phi) is 5.27. The highest BCUT2D eigenvalue weighted by atomic mass is 32.2. The van der Waals surface area contributed by atoms with Crippen LogP contribution in [0, 0.1) is 5.82 Å². The van der Waals surface area contributed by atoms with Gasteiger partial charge in [0.2, 0.25) is 0 Å². The zero-order valence-electron chi connectivity index (χ0n) is 10.4. The van der Waals surface area contributed by atoms with E-state index in [4.69, 9.17) is 5.73 Å². The lowest BCUT2D eigenvalue weighted by Gasteiger charge is -2.13. The number of rotatable bonds is 5. The van der Waals surface area contributed by atoms with E-state index in [9.17, 15) is 13.4 Å². The number of nitrogen functional groups attached to an aromatic ring is 1. The summed E-state index contributed by atoms with van der Waals surface area (Å²) in [5.74, 6) is -0.619. The molecule has 18 heavy (non-hydrogen) atoms. The molecule has 1 aromatic carbocycles. The summed E-state index contributed by atoms with van der Waals surface area (Å²) >= 11 is 0. The van der Waals surface area contributed by atoms with Crippen molar-refractivity contribution in [3.63, 3.8) is 0 Å². The van der Waals surface area contributed by atoms with Crippen molar-refractivity contribution in [2.45, 2.75) is 19.4 Å². The van der Waals surface area contributed by atoms with Crippen molar-refractivity contribution < 1.29 is 13.4 Å². The quantitative estimate of drug-likeness (QED) is 0.793. The molecule has 0 bridgehead atoms. The van der Waals surface area contributed by atoms with E-state index >= 15 is 0 Å². The van der Waals surface area contributed by atoms with E-state index in [0.717, 1.165) is 6.07 Å². The maximum absolute atomic E-state index is 13.5. The number of hydrogen-bond donors (Lipinski definition) is 2. The van der Waals surface area contributed by atoms with Crippen LogP contribution in [-0.2, 0) is 10.8 Å². The molecule has 0 saturated heterocycles. The summed E-state index contributed by atoms with van der Waals surface area (Å²) in [6, 6.07) is 3.79. The van der Waals surface area contributed by atoms with Crippen molar-refractivity contribution in [3.05, 3.63) is 29.6 Å². The molecule has 4 nitrogen and oxygen atoms in total.